The van der Waals surface area contributed by atoms with Crippen molar-refractivity contribution in [3.63, 3.8) is 0 Å². The zero-order valence-corrected chi connectivity index (χ0v) is 46.3. The van der Waals surface area contributed by atoms with Crippen molar-refractivity contribution in [1.82, 2.24) is 4.90 Å². The van der Waals surface area contributed by atoms with Crippen LogP contribution >= 0.6 is 0 Å². The first kappa shape index (κ1) is 73.5. The minimum Gasteiger partial charge on any atom is -0.385 e. The molecule has 0 saturated heterocycles. The summed E-state index contributed by atoms with van der Waals surface area (Å²) in [4.78, 5) is 2.23. The molecule has 0 rings (SSSR count). The van der Waals surface area contributed by atoms with Gasteiger partial charge in [-0.25, -0.2) is 21.6 Å². The summed E-state index contributed by atoms with van der Waals surface area (Å²) < 4.78 is 75.1. The van der Waals surface area contributed by atoms with E-state index >= 15 is 0 Å². The molecule has 0 aromatic heterocycles. The Hall–Kier alpha value is -0.920. The van der Waals surface area contributed by atoms with Crippen LogP contribution < -0.4 is 0 Å². The van der Waals surface area contributed by atoms with Crippen LogP contribution in [0, 0.1) is 55.2 Å². The largest absolute Gasteiger partial charge is 0.385 e. The number of methoxy groups -OCH3 is 1. The van der Waals surface area contributed by atoms with Crippen LogP contribution in [-0.4, -0.2) is 78.5 Å². The zero-order chi connectivity index (χ0) is 50.4. The van der Waals surface area contributed by atoms with E-state index in [1.807, 2.05) is 69.2 Å². The lowest BCUT2D eigenvalue weighted by Gasteiger charge is -2.26. The third-order valence-electron chi connectivity index (χ3n) is 7.84. The molecule has 0 aliphatic rings. The first-order chi connectivity index (χ1) is 25.9. The maximum atomic E-state index is 12.2. The molecule has 0 aliphatic carbocycles. The van der Waals surface area contributed by atoms with Gasteiger partial charge in [-0.05, 0) is 104 Å². The molecule has 0 bridgehead atoms. The predicted molar refractivity (Wildman–Crippen MR) is 261 cm³/mol. The normalized spacial score (nSPS) is 13.6. The molecule has 0 aliphatic heterocycles. The van der Waals surface area contributed by atoms with Crippen molar-refractivity contribution in [1.29, 1.82) is 5.26 Å². The molecule has 0 fully saturated rings. The Morgan fingerprint density at radius 2 is 1.05 bits per heavy atom. The van der Waals surface area contributed by atoms with Gasteiger partial charge in [0.25, 0.3) is 0 Å². The molecule has 2 atom stereocenters. The molecule has 10 heteroatoms. The molecule has 5 nitrogen and oxygen atoms in total. The maximum absolute atomic E-state index is 12.2. The van der Waals surface area contributed by atoms with Gasteiger partial charge in [0.2, 0.25) is 5.92 Å². The second-order valence-corrected chi connectivity index (χ2v) is 27.5. The van der Waals surface area contributed by atoms with E-state index in [0.717, 1.165) is 32.8 Å². The number of hydrogen-bond donors (Lipinski definition) is 0. The monoisotopic (exact) mass is 893 g/mol. The van der Waals surface area contributed by atoms with Crippen molar-refractivity contribution in [3.8, 4) is 6.07 Å². The van der Waals surface area contributed by atoms with Crippen LogP contribution in [0.15, 0.2) is 0 Å². The number of sulfone groups is 1. The Balaban J connectivity index is -0.000000110. The van der Waals surface area contributed by atoms with Crippen LogP contribution in [0.4, 0.5) is 17.6 Å². The van der Waals surface area contributed by atoms with Gasteiger partial charge in [0.15, 0.2) is 0 Å². The number of rotatable bonds is 10. The molecule has 0 N–H and O–H groups in total. The lowest BCUT2D eigenvalue weighted by Crippen LogP contribution is -2.21. The summed E-state index contributed by atoms with van der Waals surface area (Å²) in [5.74, 6) is -1.98. The fraction of sp³-hybridized carbons (Fsp3) is 0.980. The molecular weight excluding hydrogens is 785 g/mol. The van der Waals surface area contributed by atoms with Gasteiger partial charge in [0.05, 0.1) is 24.7 Å². The summed E-state index contributed by atoms with van der Waals surface area (Å²) in [6.45, 7) is 50.0. The number of nitrogens with zero attached hydrogens (tertiary/aromatic N) is 2. The topological polar surface area (TPSA) is 70.4 Å². The summed E-state index contributed by atoms with van der Waals surface area (Å²) in [7, 11) is 3.22. The first-order valence-corrected chi connectivity index (χ1v) is 24.2. The third kappa shape index (κ3) is 101. The average Bonchev–Trinajstić information content (AvgIpc) is 2.90. The van der Waals surface area contributed by atoms with Gasteiger partial charge in [-0.2, -0.15) is 5.26 Å². The van der Waals surface area contributed by atoms with Gasteiger partial charge in [0.1, 0.15) is 9.84 Å². The Kier molecular flexibility index (Phi) is 41.1. The molecule has 0 spiro atoms. The van der Waals surface area contributed by atoms with E-state index in [4.69, 9.17) is 10.00 Å². The van der Waals surface area contributed by atoms with Crippen molar-refractivity contribution in [2.45, 2.75) is 223 Å². The van der Waals surface area contributed by atoms with E-state index in [2.05, 4.69) is 108 Å². The summed E-state index contributed by atoms with van der Waals surface area (Å²) in [6, 6.07) is 2.11. The lowest BCUT2D eigenvalue weighted by atomic mass is 9.80. The number of hydrogen-bond acceptors (Lipinski definition) is 5. The van der Waals surface area contributed by atoms with Crippen molar-refractivity contribution in [3.05, 3.63) is 0 Å². The molecule has 60 heavy (non-hydrogen) atoms. The summed E-state index contributed by atoms with van der Waals surface area (Å²) in [6.07, 6.45) is 5.99. The second-order valence-electron chi connectivity index (χ2n) is 25.2. The van der Waals surface area contributed by atoms with E-state index < -0.39 is 21.9 Å². The first-order valence-electron chi connectivity index (χ1n) is 22.2. The van der Waals surface area contributed by atoms with Gasteiger partial charge in [-0.1, -0.05) is 159 Å². The van der Waals surface area contributed by atoms with E-state index in [-0.39, 0.29) is 46.1 Å². The molecular formula is C50H108F4N2O3S. The molecule has 0 aromatic carbocycles. The smallest absolute Gasteiger partial charge is 0.245 e. The van der Waals surface area contributed by atoms with Crippen molar-refractivity contribution >= 4 is 9.84 Å². The van der Waals surface area contributed by atoms with Gasteiger partial charge >= 0.3 is 0 Å². The number of alkyl halides is 4. The molecule has 0 saturated carbocycles. The summed E-state index contributed by atoms with van der Waals surface area (Å²) in [5, 5.41) is 8.15. The van der Waals surface area contributed by atoms with Crippen LogP contribution in [-0.2, 0) is 14.6 Å². The van der Waals surface area contributed by atoms with Crippen LogP contribution in [0.2, 0.25) is 0 Å². The fourth-order valence-electron chi connectivity index (χ4n) is 4.42. The minimum absolute atomic E-state index is 0.0417. The summed E-state index contributed by atoms with van der Waals surface area (Å²) >= 11 is 0. The van der Waals surface area contributed by atoms with Crippen LogP contribution in [0.1, 0.15) is 211 Å². The van der Waals surface area contributed by atoms with Crippen LogP contribution in [0.3, 0.4) is 0 Å². The van der Waals surface area contributed by atoms with Gasteiger partial charge in [0, 0.05) is 32.8 Å². The Morgan fingerprint density at radius 1 is 0.667 bits per heavy atom. The van der Waals surface area contributed by atoms with E-state index in [9.17, 15) is 26.0 Å². The fourth-order valence-corrected chi connectivity index (χ4v) is 5.41. The predicted octanol–water partition coefficient (Wildman–Crippen LogP) is 16.4. The van der Waals surface area contributed by atoms with Crippen molar-refractivity contribution < 1.29 is 30.7 Å². The minimum atomic E-state index is -2.76. The van der Waals surface area contributed by atoms with Crippen LogP contribution in [0.5, 0.6) is 0 Å². The quantitative estimate of drug-likeness (QED) is 0.204. The van der Waals surface area contributed by atoms with E-state index in [0.29, 0.717) is 29.4 Å². The van der Waals surface area contributed by atoms with E-state index in [1.54, 1.807) is 14.0 Å². The molecule has 0 amide bonds. The van der Waals surface area contributed by atoms with Gasteiger partial charge in [-0.15, -0.1) is 0 Å². The van der Waals surface area contributed by atoms with Crippen molar-refractivity contribution in [2.75, 3.05) is 53.0 Å². The Bertz CT molecular complexity index is 1090. The molecule has 370 valence electrons. The molecule has 0 heterocycles. The highest BCUT2D eigenvalue weighted by molar-refractivity contribution is 7.90. The average molecular weight is 893 g/mol. The summed E-state index contributed by atoms with van der Waals surface area (Å²) in [5.41, 5.74) is 1.26. The van der Waals surface area contributed by atoms with Crippen molar-refractivity contribution in [2.24, 2.45) is 43.8 Å². The Morgan fingerprint density at radius 3 is 1.10 bits per heavy atom. The second kappa shape index (κ2) is 33.6. The number of ether oxygens (including phenoxy) is 1. The highest BCUT2D eigenvalue weighted by Gasteiger charge is 2.28. The molecule has 0 radical (unpaired) electrons. The van der Waals surface area contributed by atoms with Gasteiger partial charge in [-0.3, -0.25) is 4.39 Å². The standard InChI is InChI=1S/C8H17F.C8H19N.C7H14F2.C7H15F.C7H16O2S.C7H16O.C6H11N/c1-5-7(6-9)8(2,3)4;1-8(2,3)6-7-9(4)5;1-6(2,3)5-7(4,8)9;1-6(8)5-7(2,3)4;1-7(2,3)5-6-10(4,8)9;1-7(2,3)5-6-8-4;1-6(2,3)4-5-7/h7H,5-6H2,1-4H3;6-7H2,1-5H3;5H2,1-4H3;6H,5H2,1-4H3;5-6H2,1-4H3;5-6H2,1-4H3;4H2,1-3H3. The Labute approximate surface area is 375 Å². The highest BCUT2D eigenvalue weighted by atomic mass is 32.2. The number of nitriles is 1. The lowest BCUT2D eigenvalue weighted by molar-refractivity contribution is -0.0169. The third-order valence-corrected chi connectivity index (χ3v) is 8.78. The van der Waals surface area contributed by atoms with Gasteiger partial charge < -0.3 is 9.64 Å². The molecule has 0 aromatic rings. The zero-order valence-electron chi connectivity index (χ0n) is 45.5. The van der Waals surface area contributed by atoms with Crippen LogP contribution in [0.25, 0.3) is 0 Å². The highest BCUT2D eigenvalue weighted by Crippen LogP contribution is 2.31. The SMILES string of the molecule is CC(C)(C)CC#N.CC(C)(C)CC(C)(F)F.CC(C)(C)CCS(C)(=O)=O.CC(F)CC(C)(C)C.CCC(CF)C(C)(C)C.CN(C)CCC(C)(C)C.COCCC(C)(C)C. The molecule has 2 unspecified atom stereocenters. The maximum Gasteiger partial charge on any atom is 0.245 e. The van der Waals surface area contributed by atoms with E-state index in [1.165, 1.54) is 19.2 Å². The number of halogens is 4.